The molecule has 0 bridgehead atoms. The highest BCUT2D eigenvalue weighted by Gasteiger charge is 2.30. The first-order valence-corrected chi connectivity index (χ1v) is 6.15. The molecular weight excluding hydrogens is 174 g/mol. The maximum absolute atomic E-state index is 5.20. The minimum atomic E-state index is 0.631. The lowest BCUT2D eigenvalue weighted by Gasteiger charge is -2.28. The summed E-state index contributed by atoms with van der Waals surface area (Å²) in [5.74, 6) is 0.964. The Bertz CT molecular complexity index is 166. The van der Waals surface area contributed by atoms with Crippen LogP contribution >= 0.6 is 0 Å². The van der Waals surface area contributed by atoms with E-state index >= 15 is 0 Å². The Morgan fingerprint density at radius 3 is 2.57 bits per heavy atom. The van der Waals surface area contributed by atoms with Gasteiger partial charge in [0.05, 0.1) is 6.61 Å². The van der Waals surface area contributed by atoms with Crippen molar-refractivity contribution in [2.75, 3.05) is 13.7 Å². The molecule has 1 heterocycles. The minimum absolute atomic E-state index is 0.631. The van der Waals surface area contributed by atoms with E-state index < -0.39 is 0 Å². The van der Waals surface area contributed by atoms with Crippen molar-refractivity contribution in [2.24, 2.45) is 5.92 Å². The van der Waals surface area contributed by atoms with E-state index in [1.165, 1.54) is 44.9 Å². The summed E-state index contributed by atoms with van der Waals surface area (Å²) in [5, 5.41) is 3.74. The summed E-state index contributed by atoms with van der Waals surface area (Å²) in [6, 6.07) is 1.43. The molecule has 2 atom stereocenters. The third-order valence-corrected chi connectivity index (χ3v) is 3.86. The molecule has 0 aromatic heterocycles. The van der Waals surface area contributed by atoms with Crippen molar-refractivity contribution in [1.29, 1.82) is 0 Å². The Morgan fingerprint density at radius 2 is 1.86 bits per heavy atom. The molecule has 1 aliphatic carbocycles. The Morgan fingerprint density at radius 1 is 1.07 bits per heavy atom. The van der Waals surface area contributed by atoms with Gasteiger partial charge in [-0.05, 0) is 31.6 Å². The summed E-state index contributed by atoms with van der Waals surface area (Å²) >= 11 is 0. The van der Waals surface area contributed by atoms with Crippen molar-refractivity contribution in [2.45, 2.75) is 57.0 Å². The van der Waals surface area contributed by atoms with Crippen molar-refractivity contribution in [3.63, 3.8) is 0 Å². The van der Waals surface area contributed by atoms with Gasteiger partial charge in [-0.2, -0.15) is 0 Å². The molecule has 0 spiro atoms. The number of rotatable bonds is 3. The van der Waals surface area contributed by atoms with Crippen LogP contribution in [0.4, 0.5) is 0 Å². The van der Waals surface area contributed by atoms with E-state index in [2.05, 4.69) is 5.32 Å². The summed E-state index contributed by atoms with van der Waals surface area (Å²) in [5.41, 5.74) is 0. The molecule has 0 aromatic carbocycles. The summed E-state index contributed by atoms with van der Waals surface area (Å²) in [4.78, 5) is 0. The number of hydrogen-bond acceptors (Lipinski definition) is 2. The van der Waals surface area contributed by atoms with E-state index in [1.54, 1.807) is 7.11 Å². The quantitative estimate of drug-likeness (QED) is 0.750. The summed E-state index contributed by atoms with van der Waals surface area (Å²) in [6.07, 6.45) is 9.97. The van der Waals surface area contributed by atoms with Crippen LogP contribution in [0, 0.1) is 5.92 Å². The highest BCUT2D eigenvalue weighted by atomic mass is 16.5. The van der Waals surface area contributed by atoms with Crippen LogP contribution in [0.2, 0.25) is 0 Å². The van der Waals surface area contributed by atoms with E-state index in [9.17, 15) is 0 Å². The highest BCUT2D eigenvalue weighted by molar-refractivity contribution is 4.88. The van der Waals surface area contributed by atoms with Gasteiger partial charge >= 0.3 is 0 Å². The molecule has 2 fully saturated rings. The molecule has 0 aromatic rings. The first kappa shape index (κ1) is 10.4. The molecule has 1 saturated heterocycles. The third-order valence-electron chi connectivity index (χ3n) is 3.86. The molecule has 14 heavy (non-hydrogen) atoms. The average molecular weight is 197 g/mol. The van der Waals surface area contributed by atoms with Crippen LogP contribution in [0.3, 0.4) is 0 Å². The molecule has 1 aliphatic heterocycles. The van der Waals surface area contributed by atoms with Crippen molar-refractivity contribution < 1.29 is 4.74 Å². The van der Waals surface area contributed by atoms with Crippen LogP contribution in [0.5, 0.6) is 0 Å². The largest absolute Gasteiger partial charge is 0.383 e. The molecule has 2 rings (SSSR count). The number of ether oxygens (including phenoxy) is 1. The van der Waals surface area contributed by atoms with Crippen LogP contribution in [0.1, 0.15) is 44.9 Å². The van der Waals surface area contributed by atoms with Crippen LogP contribution < -0.4 is 5.32 Å². The zero-order valence-electron chi connectivity index (χ0n) is 9.30. The van der Waals surface area contributed by atoms with Crippen molar-refractivity contribution >= 4 is 0 Å². The summed E-state index contributed by atoms with van der Waals surface area (Å²) in [7, 11) is 1.80. The molecule has 0 amide bonds. The highest BCUT2D eigenvalue weighted by Crippen LogP contribution is 2.31. The first-order valence-electron chi connectivity index (χ1n) is 6.15. The van der Waals surface area contributed by atoms with Crippen LogP contribution in [0.25, 0.3) is 0 Å². The van der Waals surface area contributed by atoms with Gasteiger partial charge in [0.1, 0.15) is 0 Å². The minimum Gasteiger partial charge on any atom is -0.383 e. The lowest BCUT2D eigenvalue weighted by atomic mass is 9.83. The molecule has 82 valence electrons. The maximum atomic E-state index is 5.20. The second-order valence-electron chi connectivity index (χ2n) is 4.90. The molecular formula is C12H23NO. The maximum Gasteiger partial charge on any atom is 0.0615 e. The number of nitrogens with one attached hydrogen (secondary N) is 1. The second-order valence-corrected chi connectivity index (χ2v) is 4.90. The average Bonchev–Trinajstić information content (AvgIpc) is 2.68. The van der Waals surface area contributed by atoms with Gasteiger partial charge in [-0.3, -0.25) is 0 Å². The zero-order chi connectivity index (χ0) is 9.80. The third kappa shape index (κ3) is 2.48. The predicted molar refractivity (Wildman–Crippen MR) is 58.4 cm³/mol. The fourth-order valence-corrected chi connectivity index (χ4v) is 3.09. The van der Waals surface area contributed by atoms with Gasteiger partial charge in [-0.1, -0.05) is 19.3 Å². The van der Waals surface area contributed by atoms with E-state index in [-0.39, 0.29) is 0 Å². The molecule has 1 saturated carbocycles. The number of hydrogen-bond donors (Lipinski definition) is 1. The van der Waals surface area contributed by atoms with Crippen LogP contribution in [0.15, 0.2) is 0 Å². The SMILES string of the molecule is COCC1CCC(C2CCCCC2)N1. The Balaban J connectivity index is 1.76. The van der Waals surface area contributed by atoms with Gasteiger partial charge in [-0.25, -0.2) is 0 Å². The van der Waals surface area contributed by atoms with Crippen molar-refractivity contribution in [3.8, 4) is 0 Å². The van der Waals surface area contributed by atoms with E-state index in [0.717, 1.165) is 18.6 Å². The fraction of sp³-hybridized carbons (Fsp3) is 1.00. The summed E-state index contributed by atoms with van der Waals surface area (Å²) < 4.78 is 5.20. The van der Waals surface area contributed by atoms with Gasteiger partial charge in [-0.15, -0.1) is 0 Å². The van der Waals surface area contributed by atoms with Gasteiger partial charge in [0.25, 0.3) is 0 Å². The van der Waals surface area contributed by atoms with E-state index in [0.29, 0.717) is 6.04 Å². The normalized spacial score (nSPS) is 34.9. The monoisotopic (exact) mass is 197 g/mol. The van der Waals surface area contributed by atoms with E-state index in [4.69, 9.17) is 4.74 Å². The van der Waals surface area contributed by atoms with Gasteiger partial charge < -0.3 is 10.1 Å². The molecule has 2 unspecified atom stereocenters. The second kappa shape index (κ2) is 5.13. The van der Waals surface area contributed by atoms with Crippen molar-refractivity contribution in [1.82, 2.24) is 5.32 Å². The van der Waals surface area contributed by atoms with E-state index in [1.807, 2.05) is 0 Å². The molecule has 2 aliphatic rings. The topological polar surface area (TPSA) is 21.3 Å². The Hall–Kier alpha value is -0.0800. The lowest BCUT2D eigenvalue weighted by Crippen LogP contribution is -2.37. The lowest BCUT2D eigenvalue weighted by molar-refractivity contribution is 0.167. The standard InChI is InChI=1S/C12H23NO/c1-14-9-11-7-8-12(13-11)10-5-3-2-4-6-10/h10-13H,2-9H2,1H3. The molecule has 2 nitrogen and oxygen atoms in total. The Kier molecular flexibility index (Phi) is 3.82. The van der Waals surface area contributed by atoms with Crippen LogP contribution in [-0.4, -0.2) is 25.8 Å². The summed E-state index contributed by atoms with van der Waals surface area (Å²) in [6.45, 7) is 0.892. The fourth-order valence-electron chi connectivity index (χ4n) is 3.09. The van der Waals surface area contributed by atoms with Gasteiger partial charge in [0.2, 0.25) is 0 Å². The van der Waals surface area contributed by atoms with Gasteiger partial charge in [0.15, 0.2) is 0 Å². The number of methoxy groups -OCH3 is 1. The zero-order valence-corrected chi connectivity index (χ0v) is 9.30. The van der Waals surface area contributed by atoms with Crippen molar-refractivity contribution in [3.05, 3.63) is 0 Å². The Labute approximate surface area is 87.4 Å². The van der Waals surface area contributed by atoms with Crippen LogP contribution in [-0.2, 0) is 4.74 Å². The van der Waals surface area contributed by atoms with Gasteiger partial charge in [0, 0.05) is 19.2 Å². The molecule has 0 radical (unpaired) electrons. The predicted octanol–water partition coefficient (Wildman–Crippen LogP) is 2.33. The smallest absolute Gasteiger partial charge is 0.0615 e. The first-order chi connectivity index (χ1) is 6.90. The molecule has 1 N–H and O–H groups in total. The molecule has 2 heteroatoms.